The average molecular weight is 410 g/mol. The molecule has 8 nitrogen and oxygen atoms in total. The molecule has 0 radical (unpaired) electrons. The second kappa shape index (κ2) is 7.54. The van der Waals surface area contributed by atoms with E-state index in [1.54, 1.807) is 25.5 Å². The maximum absolute atomic E-state index is 12.2. The number of nitriles is 1. The van der Waals surface area contributed by atoms with Crippen molar-refractivity contribution in [2.45, 2.75) is 12.8 Å². The largest absolute Gasteiger partial charge is 0.435 e. The Kier molecular flexibility index (Phi) is 4.56. The molecule has 1 fully saturated rings. The first kappa shape index (κ1) is 18.8. The lowest BCUT2D eigenvalue weighted by Gasteiger charge is -2.10. The predicted octanol–water partition coefficient (Wildman–Crippen LogP) is 4.36. The number of para-hydroxylation sites is 1. The highest BCUT2D eigenvalue weighted by Gasteiger charge is 2.30. The Hall–Kier alpha value is -4.25. The number of allylic oxidation sites excluding steroid dienone is 1. The molecule has 3 aromatic heterocycles. The number of oxazole rings is 1. The number of amides is 1. The van der Waals surface area contributed by atoms with Crippen LogP contribution in [0.4, 0.5) is 11.6 Å². The van der Waals surface area contributed by atoms with E-state index in [1.807, 2.05) is 30.3 Å². The van der Waals surface area contributed by atoms with Gasteiger partial charge in [-0.15, -0.1) is 0 Å². The molecule has 0 saturated heterocycles. The van der Waals surface area contributed by atoms with E-state index in [0.29, 0.717) is 34.2 Å². The summed E-state index contributed by atoms with van der Waals surface area (Å²) in [5, 5.41) is 16.4. The summed E-state index contributed by atoms with van der Waals surface area (Å²) in [7, 11) is 1.79. The van der Waals surface area contributed by atoms with E-state index in [9.17, 15) is 4.79 Å². The molecule has 0 unspecified atom stereocenters. The summed E-state index contributed by atoms with van der Waals surface area (Å²) in [6, 6.07) is 9.39. The van der Waals surface area contributed by atoms with E-state index < -0.39 is 0 Å². The lowest BCUT2D eigenvalue weighted by atomic mass is 10.1. The first-order valence-corrected chi connectivity index (χ1v) is 9.91. The van der Waals surface area contributed by atoms with Crippen LogP contribution in [-0.2, 0) is 4.79 Å². The molecule has 0 atom stereocenters. The van der Waals surface area contributed by atoms with Crippen molar-refractivity contribution in [2.24, 2.45) is 5.92 Å². The van der Waals surface area contributed by atoms with Gasteiger partial charge in [0.15, 0.2) is 5.58 Å². The van der Waals surface area contributed by atoms with Crippen LogP contribution in [0.15, 0.2) is 47.2 Å². The van der Waals surface area contributed by atoms with Crippen LogP contribution in [0.3, 0.4) is 0 Å². The van der Waals surface area contributed by atoms with Gasteiger partial charge >= 0.3 is 0 Å². The third kappa shape index (κ3) is 3.46. The predicted molar refractivity (Wildman–Crippen MR) is 118 cm³/mol. The molecule has 0 spiro atoms. The number of aromatic nitrogens is 3. The van der Waals surface area contributed by atoms with Crippen LogP contribution in [0.1, 0.15) is 18.4 Å². The number of anilines is 2. The molecular formula is C23H18N6O2. The number of carbonyl (C=O) groups excluding carboxylic acids is 1. The van der Waals surface area contributed by atoms with Gasteiger partial charge in [-0.25, -0.2) is 15.0 Å². The number of hydrogen-bond donors (Lipinski definition) is 2. The Bertz CT molecular complexity index is 1390. The lowest BCUT2D eigenvalue weighted by Crippen LogP contribution is -2.14. The first-order valence-electron chi connectivity index (χ1n) is 9.91. The molecule has 1 aliphatic rings. The number of fused-ring (bicyclic) bond motifs is 2. The van der Waals surface area contributed by atoms with Crippen LogP contribution >= 0.6 is 0 Å². The number of pyridine rings is 2. The number of hydrogen-bond acceptors (Lipinski definition) is 7. The molecule has 31 heavy (non-hydrogen) atoms. The maximum Gasteiger partial charge on any atom is 0.229 e. The van der Waals surface area contributed by atoms with Gasteiger partial charge in [-0.05, 0) is 31.1 Å². The summed E-state index contributed by atoms with van der Waals surface area (Å²) in [5.74, 6) is 1.62. The fraction of sp³-hybridized carbons (Fsp3) is 0.174. The Labute approximate surface area is 177 Å². The van der Waals surface area contributed by atoms with Crippen molar-refractivity contribution in [1.29, 1.82) is 5.26 Å². The van der Waals surface area contributed by atoms with Gasteiger partial charge in [-0.3, -0.25) is 4.79 Å². The van der Waals surface area contributed by atoms with Crippen LogP contribution in [0.5, 0.6) is 0 Å². The fourth-order valence-corrected chi connectivity index (χ4v) is 3.49. The molecule has 1 aliphatic carbocycles. The zero-order valence-electron chi connectivity index (χ0n) is 16.7. The summed E-state index contributed by atoms with van der Waals surface area (Å²) in [6.07, 6.45) is 8.30. The summed E-state index contributed by atoms with van der Waals surface area (Å²) < 4.78 is 6.09. The van der Waals surface area contributed by atoms with Gasteiger partial charge in [-0.2, -0.15) is 5.26 Å². The van der Waals surface area contributed by atoms with Gasteiger partial charge in [-0.1, -0.05) is 12.1 Å². The van der Waals surface area contributed by atoms with E-state index in [2.05, 4.69) is 25.6 Å². The van der Waals surface area contributed by atoms with Gasteiger partial charge in [0.25, 0.3) is 0 Å². The van der Waals surface area contributed by atoms with Crippen molar-refractivity contribution in [3.05, 3.63) is 48.3 Å². The van der Waals surface area contributed by atoms with Crippen molar-refractivity contribution in [2.75, 3.05) is 17.7 Å². The SMILES string of the molecule is CNc1ncc(-c2nc3cccc(/C=C/C#N)c3o2)c2cc(NC(=O)C3CC3)ncc12. The van der Waals surface area contributed by atoms with E-state index in [-0.39, 0.29) is 11.8 Å². The molecule has 2 N–H and O–H groups in total. The Morgan fingerprint density at radius 1 is 1.26 bits per heavy atom. The molecule has 8 heteroatoms. The monoisotopic (exact) mass is 410 g/mol. The van der Waals surface area contributed by atoms with Crippen LogP contribution < -0.4 is 10.6 Å². The molecule has 3 heterocycles. The van der Waals surface area contributed by atoms with Crippen molar-refractivity contribution >= 4 is 45.5 Å². The zero-order chi connectivity index (χ0) is 21.4. The minimum atomic E-state index is -0.00733. The summed E-state index contributed by atoms with van der Waals surface area (Å²) in [5.41, 5.74) is 2.72. The Morgan fingerprint density at radius 3 is 2.90 bits per heavy atom. The van der Waals surface area contributed by atoms with Crippen molar-refractivity contribution in [3.63, 3.8) is 0 Å². The molecule has 1 amide bonds. The Morgan fingerprint density at radius 2 is 2.13 bits per heavy atom. The second-order valence-electron chi connectivity index (χ2n) is 7.33. The molecular weight excluding hydrogens is 392 g/mol. The Balaban J connectivity index is 1.65. The van der Waals surface area contributed by atoms with E-state index >= 15 is 0 Å². The third-order valence-electron chi connectivity index (χ3n) is 5.22. The summed E-state index contributed by atoms with van der Waals surface area (Å²) in [4.78, 5) is 25.7. The molecule has 152 valence electrons. The number of carbonyl (C=O) groups is 1. The fourth-order valence-electron chi connectivity index (χ4n) is 3.49. The molecule has 0 aliphatic heterocycles. The van der Waals surface area contributed by atoms with Crippen molar-refractivity contribution in [3.8, 4) is 17.5 Å². The van der Waals surface area contributed by atoms with Crippen LogP contribution in [0, 0.1) is 17.2 Å². The van der Waals surface area contributed by atoms with Crippen LogP contribution in [0.2, 0.25) is 0 Å². The van der Waals surface area contributed by atoms with Gasteiger partial charge in [0, 0.05) is 47.8 Å². The van der Waals surface area contributed by atoms with E-state index in [1.165, 1.54) is 6.08 Å². The van der Waals surface area contributed by atoms with Gasteiger partial charge in [0.05, 0.1) is 11.6 Å². The number of benzene rings is 1. The van der Waals surface area contributed by atoms with Crippen LogP contribution in [-0.4, -0.2) is 27.9 Å². The number of rotatable bonds is 5. The van der Waals surface area contributed by atoms with E-state index in [4.69, 9.17) is 9.68 Å². The molecule has 0 bridgehead atoms. The molecule has 1 saturated carbocycles. The van der Waals surface area contributed by atoms with Crippen LogP contribution in [0.25, 0.3) is 39.4 Å². The first-order chi connectivity index (χ1) is 15.2. The average Bonchev–Trinajstić information content (AvgIpc) is 3.55. The summed E-state index contributed by atoms with van der Waals surface area (Å²) >= 11 is 0. The molecule has 5 rings (SSSR count). The summed E-state index contributed by atoms with van der Waals surface area (Å²) in [6.45, 7) is 0. The van der Waals surface area contributed by atoms with Gasteiger partial charge < -0.3 is 15.1 Å². The zero-order valence-corrected chi connectivity index (χ0v) is 16.7. The quantitative estimate of drug-likeness (QED) is 0.469. The second-order valence-corrected chi connectivity index (χ2v) is 7.33. The smallest absolute Gasteiger partial charge is 0.229 e. The highest BCUT2D eigenvalue weighted by molar-refractivity contribution is 6.03. The normalized spacial score (nSPS) is 13.5. The van der Waals surface area contributed by atoms with E-state index in [0.717, 1.165) is 29.2 Å². The van der Waals surface area contributed by atoms with Gasteiger partial charge in [0.2, 0.25) is 11.8 Å². The minimum absolute atomic E-state index is 0.00733. The number of nitrogens with zero attached hydrogens (tertiary/aromatic N) is 4. The standard InChI is InChI=1S/C23H18N6O2/c1-25-21-16-11-26-19(29-22(30)14-7-8-14)10-15(16)17(12-27-21)23-28-18-6-2-4-13(5-3-9-24)20(18)31-23/h2-6,10-12,14H,7-8H2,1H3,(H,25,27)(H,26,29,30)/b5-3+. The molecule has 4 aromatic rings. The lowest BCUT2D eigenvalue weighted by molar-refractivity contribution is -0.117. The van der Waals surface area contributed by atoms with Gasteiger partial charge in [0.1, 0.15) is 17.2 Å². The third-order valence-corrected chi connectivity index (χ3v) is 5.22. The molecule has 1 aromatic carbocycles. The topological polar surface area (TPSA) is 117 Å². The van der Waals surface area contributed by atoms with Crippen molar-refractivity contribution < 1.29 is 9.21 Å². The number of nitrogens with one attached hydrogen (secondary N) is 2. The highest BCUT2D eigenvalue weighted by Crippen LogP contribution is 2.35. The van der Waals surface area contributed by atoms with Crippen molar-refractivity contribution in [1.82, 2.24) is 15.0 Å². The highest BCUT2D eigenvalue weighted by atomic mass is 16.3. The maximum atomic E-state index is 12.2. The minimum Gasteiger partial charge on any atom is -0.435 e.